The molecule has 0 aliphatic carbocycles. The van der Waals surface area contributed by atoms with Crippen molar-refractivity contribution in [3.05, 3.63) is 21.9 Å². The maximum Gasteiger partial charge on any atom is 0.0553 e. The lowest BCUT2D eigenvalue weighted by atomic mass is 10.0. The number of hydrogen-bond donors (Lipinski definition) is 2. The Morgan fingerprint density at radius 3 is 2.53 bits per heavy atom. The van der Waals surface area contributed by atoms with E-state index in [0.29, 0.717) is 6.04 Å². The molecule has 2 nitrogen and oxygen atoms in total. The lowest BCUT2D eigenvalue weighted by molar-refractivity contribution is 0.459. The fourth-order valence-corrected chi connectivity index (χ4v) is 2.65. The van der Waals surface area contributed by atoms with Crippen LogP contribution >= 0.6 is 11.3 Å². The number of nitrogens with one attached hydrogen (secondary N) is 1. The molecule has 1 atom stereocenters. The van der Waals surface area contributed by atoms with E-state index in [-0.39, 0.29) is 0 Å². The highest BCUT2D eigenvalue weighted by molar-refractivity contribution is 7.12. The van der Waals surface area contributed by atoms with Crippen LogP contribution < -0.4 is 11.3 Å². The highest BCUT2D eigenvalue weighted by Crippen LogP contribution is 2.26. The highest BCUT2D eigenvalue weighted by atomic mass is 32.1. The number of hydrogen-bond acceptors (Lipinski definition) is 3. The van der Waals surface area contributed by atoms with Gasteiger partial charge in [-0.25, -0.2) is 0 Å². The molecular formula is C12H22N2S. The van der Waals surface area contributed by atoms with E-state index in [0.717, 1.165) is 12.3 Å². The smallest absolute Gasteiger partial charge is 0.0553 e. The topological polar surface area (TPSA) is 38.0 Å². The molecule has 1 unspecified atom stereocenters. The summed E-state index contributed by atoms with van der Waals surface area (Å²) < 4.78 is 0. The average Bonchev–Trinajstić information content (AvgIpc) is 2.59. The molecule has 0 aliphatic heterocycles. The number of aryl methyl sites for hydroxylation is 1. The molecule has 0 spiro atoms. The molecule has 3 heteroatoms. The third kappa shape index (κ3) is 4.33. The van der Waals surface area contributed by atoms with Crippen LogP contribution in [0.1, 0.15) is 48.9 Å². The van der Waals surface area contributed by atoms with E-state index in [4.69, 9.17) is 5.84 Å². The van der Waals surface area contributed by atoms with E-state index in [1.807, 2.05) is 11.3 Å². The van der Waals surface area contributed by atoms with Crippen molar-refractivity contribution in [3.63, 3.8) is 0 Å². The van der Waals surface area contributed by atoms with Gasteiger partial charge in [0, 0.05) is 9.75 Å². The van der Waals surface area contributed by atoms with E-state index in [9.17, 15) is 0 Å². The molecule has 0 aromatic carbocycles. The maximum atomic E-state index is 5.59. The molecule has 0 aliphatic rings. The predicted octanol–water partition coefficient (Wildman–Crippen LogP) is 3.39. The Morgan fingerprint density at radius 1 is 1.33 bits per heavy atom. The summed E-state index contributed by atoms with van der Waals surface area (Å²) in [5.74, 6) is 6.37. The first kappa shape index (κ1) is 12.7. The highest BCUT2D eigenvalue weighted by Gasteiger charge is 2.11. The van der Waals surface area contributed by atoms with Crippen molar-refractivity contribution in [2.75, 3.05) is 0 Å². The molecule has 1 rings (SSSR count). The fourth-order valence-electron chi connectivity index (χ4n) is 1.68. The van der Waals surface area contributed by atoms with Gasteiger partial charge in [0.15, 0.2) is 0 Å². The molecule has 0 amide bonds. The van der Waals surface area contributed by atoms with Crippen molar-refractivity contribution in [2.45, 2.75) is 46.1 Å². The van der Waals surface area contributed by atoms with E-state index >= 15 is 0 Å². The Bertz CT molecular complexity index is 281. The number of nitrogens with two attached hydrogens (primary N) is 1. The zero-order chi connectivity index (χ0) is 11.3. The minimum absolute atomic E-state index is 0.336. The number of thiophene rings is 1. The van der Waals surface area contributed by atoms with Gasteiger partial charge in [-0.05, 0) is 31.4 Å². The van der Waals surface area contributed by atoms with Crippen molar-refractivity contribution in [1.82, 2.24) is 5.43 Å². The first-order valence-electron chi connectivity index (χ1n) is 5.66. The second kappa shape index (κ2) is 6.26. The van der Waals surface area contributed by atoms with Crippen LogP contribution in [0.5, 0.6) is 0 Å². The standard InChI is InChI=1S/C12H22N2S/c1-9(2)5-4-6-11(14-13)12-8-7-10(3)15-12/h7-9,11,14H,4-6,13H2,1-3H3. The molecule has 1 heterocycles. The SMILES string of the molecule is Cc1ccc(C(CCCC(C)C)NN)s1. The minimum Gasteiger partial charge on any atom is -0.271 e. The van der Waals surface area contributed by atoms with Crippen LogP contribution in [-0.2, 0) is 0 Å². The first-order valence-corrected chi connectivity index (χ1v) is 6.47. The van der Waals surface area contributed by atoms with Gasteiger partial charge in [0.1, 0.15) is 0 Å². The molecule has 0 fully saturated rings. The zero-order valence-corrected chi connectivity index (χ0v) is 10.7. The van der Waals surface area contributed by atoms with Crippen LogP contribution in [0.4, 0.5) is 0 Å². The number of rotatable bonds is 6. The van der Waals surface area contributed by atoms with Gasteiger partial charge in [-0.3, -0.25) is 11.3 Å². The summed E-state index contributed by atoms with van der Waals surface area (Å²) in [7, 11) is 0. The van der Waals surface area contributed by atoms with Crippen LogP contribution in [0, 0.1) is 12.8 Å². The van der Waals surface area contributed by atoms with Gasteiger partial charge in [0.25, 0.3) is 0 Å². The molecule has 86 valence electrons. The second-order valence-electron chi connectivity index (χ2n) is 4.49. The van der Waals surface area contributed by atoms with E-state index in [2.05, 4.69) is 38.3 Å². The van der Waals surface area contributed by atoms with Crippen molar-refractivity contribution in [1.29, 1.82) is 0 Å². The van der Waals surface area contributed by atoms with Crippen LogP contribution in [0.2, 0.25) is 0 Å². The monoisotopic (exact) mass is 226 g/mol. The summed E-state index contributed by atoms with van der Waals surface area (Å²) in [6.45, 7) is 6.66. The van der Waals surface area contributed by atoms with Gasteiger partial charge in [-0.15, -0.1) is 11.3 Å². The molecule has 0 saturated heterocycles. The molecule has 0 radical (unpaired) electrons. The van der Waals surface area contributed by atoms with Gasteiger partial charge in [-0.1, -0.05) is 26.7 Å². The van der Waals surface area contributed by atoms with E-state index < -0.39 is 0 Å². The van der Waals surface area contributed by atoms with Crippen LogP contribution in [0.25, 0.3) is 0 Å². The Kier molecular flexibility index (Phi) is 5.29. The minimum atomic E-state index is 0.336. The summed E-state index contributed by atoms with van der Waals surface area (Å²) in [6.07, 6.45) is 3.65. The van der Waals surface area contributed by atoms with Gasteiger partial charge < -0.3 is 0 Å². The summed E-state index contributed by atoms with van der Waals surface area (Å²) in [5, 5.41) is 0. The Labute approximate surface area is 96.9 Å². The fraction of sp³-hybridized carbons (Fsp3) is 0.667. The average molecular weight is 226 g/mol. The summed E-state index contributed by atoms with van der Waals surface area (Å²) in [4.78, 5) is 2.72. The lowest BCUT2D eigenvalue weighted by Gasteiger charge is -2.14. The van der Waals surface area contributed by atoms with Crippen LogP contribution in [0.15, 0.2) is 12.1 Å². The molecule has 15 heavy (non-hydrogen) atoms. The molecule has 1 aromatic rings. The Hall–Kier alpha value is -0.380. The summed E-state index contributed by atoms with van der Waals surface area (Å²) >= 11 is 1.84. The molecule has 0 bridgehead atoms. The lowest BCUT2D eigenvalue weighted by Crippen LogP contribution is -2.27. The number of hydrazine groups is 1. The third-order valence-electron chi connectivity index (χ3n) is 2.58. The zero-order valence-electron chi connectivity index (χ0n) is 9.92. The predicted molar refractivity (Wildman–Crippen MR) is 67.8 cm³/mol. The van der Waals surface area contributed by atoms with Crippen molar-refractivity contribution >= 4 is 11.3 Å². The second-order valence-corrected chi connectivity index (χ2v) is 5.81. The molecule has 3 N–H and O–H groups in total. The largest absolute Gasteiger partial charge is 0.271 e. The van der Waals surface area contributed by atoms with Crippen LogP contribution in [-0.4, -0.2) is 0 Å². The molecular weight excluding hydrogens is 204 g/mol. The van der Waals surface area contributed by atoms with Gasteiger partial charge in [0.05, 0.1) is 6.04 Å². The van der Waals surface area contributed by atoms with E-state index in [1.165, 1.54) is 22.6 Å². The van der Waals surface area contributed by atoms with Gasteiger partial charge in [-0.2, -0.15) is 0 Å². The first-order chi connectivity index (χ1) is 7.13. The summed E-state index contributed by atoms with van der Waals surface area (Å²) in [6, 6.07) is 4.68. The van der Waals surface area contributed by atoms with Gasteiger partial charge >= 0.3 is 0 Å². The van der Waals surface area contributed by atoms with Crippen molar-refractivity contribution < 1.29 is 0 Å². The van der Waals surface area contributed by atoms with Crippen molar-refractivity contribution in [3.8, 4) is 0 Å². The van der Waals surface area contributed by atoms with Gasteiger partial charge in [0.2, 0.25) is 0 Å². The Morgan fingerprint density at radius 2 is 2.07 bits per heavy atom. The Balaban J connectivity index is 2.42. The third-order valence-corrected chi connectivity index (χ3v) is 3.69. The molecule has 0 saturated carbocycles. The van der Waals surface area contributed by atoms with Crippen LogP contribution in [0.3, 0.4) is 0 Å². The maximum absolute atomic E-state index is 5.59. The van der Waals surface area contributed by atoms with E-state index in [1.54, 1.807) is 0 Å². The summed E-state index contributed by atoms with van der Waals surface area (Å²) in [5.41, 5.74) is 2.92. The molecule has 1 aromatic heterocycles. The quantitative estimate of drug-likeness (QED) is 0.576. The van der Waals surface area contributed by atoms with Crippen molar-refractivity contribution in [2.24, 2.45) is 11.8 Å². The normalized spacial score (nSPS) is 13.4.